The van der Waals surface area contributed by atoms with Gasteiger partial charge in [0.1, 0.15) is 0 Å². The smallest absolute Gasteiger partial charge is 0.302 e. The second-order valence-electron chi connectivity index (χ2n) is 2.40. The third-order valence-corrected chi connectivity index (χ3v) is 2.17. The summed E-state index contributed by atoms with van der Waals surface area (Å²) in [6, 6.07) is 1.63. The maximum absolute atomic E-state index is 10.1. The second-order valence-corrected chi connectivity index (χ2v) is 3.35. The number of carbonyl (C=O) groups excluding carboxylic acids is 3. The van der Waals surface area contributed by atoms with Crippen LogP contribution in [0.25, 0.3) is 0 Å². The molecule has 0 bridgehead atoms. The lowest BCUT2D eigenvalue weighted by Gasteiger charge is -1.89. The number of carbonyl (C=O) groups is 3. The molecule has 0 aliphatic heterocycles. The summed E-state index contributed by atoms with van der Waals surface area (Å²) < 4.78 is 4.40. The Balaban J connectivity index is 0.000000288. The van der Waals surface area contributed by atoms with Crippen molar-refractivity contribution >= 4 is 29.9 Å². The van der Waals surface area contributed by atoms with E-state index in [-0.39, 0.29) is 5.97 Å². The monoisotopic (exact) mass is 228 g/mol. The van der Waals surface area contributed by atoms with Crippen molar-refractivity contribution in [3.8, 4) is 0 Å². The van der Waals surface area contributed by atoms with Crippen LogP contribution in [0.5, 0.6) is 0 Å². The van der Waals surface area contributed by atoms with Gasteiger partial charge < -0.3 is 4.74 Å². The SMILES string of the molecule is CCOC(C)=O.O=Cc1ccsc1C=O. The standard InChI is InChI=1S/C6H4O2S.C4H8O2/c7-3-5-1-2-9-6(5)4-8;1-3-6-4(2)5/h1-4H;3H2,1-2H3. The highest BCUT2D eigenvalue weighted by Crippen LogP contribution is 2.10. The lowest BCUT2D eigenvalue weighted by molar-refractivity contribution is -0.140. The first-order valence-electron chi connectivity index (χ1n) is 4.26. The van der Waals surface area contributed by atoms with Crippen molar-refractivity contribution in [2.24, 2.45) is 0 Å². The largest absolute Gasteiger partial charge is 0.466 e. The predicted molar refractivity (Wildman–Crippen MR) is 57.4 cm³/mol. The summed E-state index contributed by atoms with van der Waals surface area (Å²) in [4.78, 5) is 30.5. The van der Waals surface area contributed by atoms with Gasteiger partial charge in [-0.05, 0) is 18.4 Å². The van der Waals surface area contributed by atoms with Crippen LogP contribution in [0, 0.1) is 0 Å². The zero-order valence-electron chi connectivity index (χ0n) is 8.56. The first kappa shape index (κ1) is 13.5. The summed E-state index contributed by atoms with van der Waals surface area (Å²) in [6.45, 7) is 3.65. The molecular formula is C10H12O4S. The van der Waals surface area contributed by atoms with E-state index in [1.54, 1.807) is 18.4 Å². The van der Waals surface area contributed by atoms with E-state index in [0.29, 0.717) is 29.6 Å². The number of esters is 1. The molecule has 1 rings (SSSR count). The Bertz CT molecular complexity index is 307. The molecule has 0 spiro atoms. The summed E-state index contributed by atoms with van der Waals surface area (Å²) in [5.74, 6) is -0.211. The van der Waals surface area contributed by atoms with Gasteiger partial charge in [-0.25, -0.2) is 0 Å². The molecule has 15 heavy (non-hydrogen) atoms. The third kappa shape index (κ3) is 5.74. The Morgan fingerprint density at radius 1 is 1.47 bits per heavy atom. The maximum atomic E-state index is 10.1. The molecule has 82 valence electrons. The highest BCUT2D eigenvalue weighted by molar-refractivity contribution is 7.12. The highest BCUT2D eigenvalue weighted by atomic mass is 32.1. The van der Waals surface area contributed by atoms with Crippen molar-refractivity contribution in [1.29, 1.82) is 0 Å². The van der Waals surface area contributed by atoms with Gasteiger partial charge in [-0.2, -0.15) is 0 Å². The van der Waals surface area contributed by atoms with E-state index >= 15 is 0 Å². The third-order valence-electron chi connectivity index (χ3n) is 1.31. The number of hydrogen-bond acceptors (Lipinski definition) is 5. The lowest BCUT2D eigenvalue weighted by Crippen LogP contribution is -1.95. The maximum Gasteiger partial charge on any atom is 0.302 e. The lowest BCUT2D eigenvalue weighted by atomic mass is 10.3. The van der Waals surface area contributed by atoms with Crippen LogP contribution < -0.4 is 0 Å². The van der Waals surface area contributed by atoms with Crippen LogP contribution in [0.4, 0.5) is 0 Å². The Morgan fingerprint density at radius 2 is 2.13 bits per heavy atom. The predicted octanol–water partition coefficient (Wildman–Crippen LogP) is 1.94. The van der Waals surface area contributed by atoms with Gasteiger partial charge in [-0.3, -0.25) is 14.4 Å². The Labute approximate surface area is 91.9 Å². The van der Waals surface area contributed by atoms with Crippen molar-refractivity contribution in [1.82, 2.24) is 0 Å². The molecule has 0 atom stereocenters. The fraction of sp³-hybridized carbons (Fsp3) is 0.300. The van der Waals surface area contributed by atoms with Crippen LogP contribution in [0.3, 0.4) is 0 Å². The summed E-state index contributed by atoms with van der Waals surface area (Å²) in [5, 5.41) is 1.72. The number of thiophene rings is 1. The van der Waals surface area contributed by atoms with Gasteiger partial charge in [0.05, 0.1) is 11.5 Å². The van der Waals surface area contributed by atoms with Gasteiger partial charge in [0.25, 0.3) is 0 Å². The van der Waals surface area contributed by atoms with Crippen molar-refractivity contribution in [2.45, 2.75) is 13.8 Å². The minimum atomic E-state index is -0.211. The molecular weight excluding hydrogens is 216 g/mol. The van der Waals surface area contributed by atoms with Crippen LogP contribution in [0.2, 0.25) is 0 Å². The molecule has 0 aliphatic rings. The molecule has 1 aromatic heterocycles. The van der Waals surface area contributed by atoms with E-state index in [1.807, 2.05) is 0 Å². The summed E-state index contributed by atoms with van der Waals surface area (Å²) in [7, 11) is 0. The molecule has 0 saturated heterocycles. The molecule has 0 unspecified atom stereocenters. The number of aldehydes is 2. The minimum Gasteiger partial charge on any atom is -0.466 e. The molecule has 0 aromatic carbocycles. The average Bonchev–Trinajstić information content (AvgIpc) is 2.65. The van der Waals surface area contributed by atoms with Crippen molar-refractivity contribution in [3.05, 3.63) is 21.9 Å². The van der Waals surface area contributed by atoms with Gasteiger partial charge in [0.2, 0.25) is 0 Å². The van der Waals surface area contributed by atoms with Gasteiger partial charge in [0.15, 0.2) is 12.6 Å². The van der Waals surface area contributed by atoms with E-state index in [1.165, 1.54) is 18.3 Å². The highest BCUT2D eigenvalue weighted by Gasteiger charge is 1.98. The van der Waals surface area contributed by atoms with Gasteiger partial charge >= 0.3 is 5.97 Å². The van der Waals surface area contributed by atoms with E-state index in [9.17, 15) is 14.4 Å². The fourth-order valence-electron chi connectivity index (χ4n) is 0.727. The van der Waals surface area contributed by atoms with Crippen molar-refractivity contribution < 1.29 is 19.1 Å². The zero-order valence-corrected chi connectivity index (χ0v) is 9.37. The van der Waals surface area contributed by atoms with Crippen LogP contribution in [-0.4, -0.2) is 25.1 Å². The van der Waals surface area contributed by atoms with Crippen LogP contribution in [-0.2, 0) is 9.53 Å². The number of rotatable bonds is 3. The molecule has 1 heterocycles. The summed E-state index contributed by atoms with van der Waals surface area (Å²) in [6.07, 6.45) is 1.37. The molecule has 1 aromatic rings. The molecule has 0 fully saturated rings. The van der Waals surface area contributed by atoms with E-state index in [2.05, 4.69) is 4.74 Å². The normalized spacial score (nSPS) is 8.40. The molecule has 5 heteroatoms. The van der Waals surface area contributed by atoms with Crippen molar-refractivity contribution in [3.63, 3.8) is 0 Å². The summed E-state index contributed by atoms with van der Waals surface area (Å²) >= 11 is 1.27. The second kappa shape index (κ2) is 7.87. The van der Waals surface area contributed by atoms with Gasteiger partial charge in [0, 0.05) is 12.5 Å². The van der Waals surface area contributed by atoms with Gasteiger partial charge in [-0.15, -0.1) is 11.3 Å². The molecule has 0 aliphatic carbocycles. The molecule has 4 nitrogen and oxygen atoms in total. The van der Waals surface area contributed by atoms with Crippen LogP contribution in [0.15, 0.2) is 11.4 Å². The van der Waals surface area contributed by atoms with Crippen molar-refractivity contribution in [2.75, 3.05) is 6.61 Å². The van der Waals surface area contributed by atoms with E-state index in [0.717, 1.165) is 0 Å². The fourth-order valence-corrected chi connectivity index (χ4v) is 1.40. The summed E-state index contributed by atoms with van der Waals surface area (Å²) in [5.41, 5.74) is 0.481. The quantitative estimate of drug-likeness (QED) is 0.586. The Kier molecular flexibility index (Phi) is 7.09. The van der Waals surface area contributed by atoms with Crippen LogP contribution in [0.1, 0.15) is 33.9 Å². The molecule has 0 N–H and O–H groups in total. The van der Waals surface area contributed by atoms with Crippen LogP contribution >= 0.6 is 11.3 Å². The number of hydrogen-bond donors (Lipinski definition) is 0. The topological polar surface area (TPSA) is 60.4 Å². The Hall–Kier alpha value is -1.49. The first-order valence-corrected chi connectivity index (χ1v) is 5.14. The molecule has 0 saturated carbocycles. The minimum absolute atomic E-state index is 0.211. The first-order chi connectivity index (χ1) is 7.15. The average molecular weight is 228 g/mol. The number of ether oxygens (including phenoxy) is 1. The van der Waals surface area contributed by atoms with E-state index < -0.39 is 0 Å². The van der Waals surface area contributed by atoms with Gasteiger partial charge in [-0.1, -0.05) is 0 Å². The molecule has 0 radical (unpaired) electrons. The zero-order chi connectivity index (χ0) is 11.7. The molecule has 0 amide bonds. The Morgan fingerprint density at radius 3 is 2.40 bits per heavy atom. The van der Waals surface area contributed by atoms with E-state index in [4.69, 9.17) is 0 Å².